The van der Waals surface area contributed by atoms with Crippen LogP contribution in [0.1, 0.15) is 113 Å². The molecule has 4 aliphatic carbocycles. The minimum Gasteiger partial charge on any atom is -0.336 e. The first-order chi connectivity index (χ1) is 73.5. The molecule has 24 aromatic rings. The number of nitrogens with zero attached hydrogens (tertiary/aromatic N) is 20. The highest BCUT2D eigenvalue weighted by Gasteiger charge is 2.32. The van der Waals surface area contributed by atoms with Crippen molar-refractivity contribution in [2.75, 3.05) is 21.3 Å². The zero-order valence-electron chi connectivity index (χ0n) is 82.2. The number of amides is 4. The van der Waals surface area contributed by atoms with Crippen LogP contribution in [-0.4, -0.2) is 162 Å². The Hall–Kier alpha value is -19.2. The number of rotatable bonds is 20. The quantitative estimate of drug-likeness (QED) is 0.0337. The first kappa shape index (κ1) is 92.0. The van der Waals surface area contributed by atoms with Gasteiger partial charge in [0.25, 0.3) is 0 Å². The molecule has 28 rings (SSSR count). The number of hydrogen-bond acceptors (Lipinski definition) is 20. The molecule has 4 aliphatic rings. The maximum absolute atomic E-state index is 12.8. The summed E-state index contributed by atoms with van der Waals surface area (Å²) in [6.45, 7) is 7.87. The number of fused-ring (bicyclic) bond motifs is 8. The van der Waals surface area contributed by atoms with E-state index in [0.717, 1.165) is 290 Å². The fourth-order valence-corrected chi connectivity index (χ4v) is 20.3. The number of H-pyrrole nitrogens is 8. The average Bonchev–Trinajstić information content (AvgIpc) is 1.62. The van der Waals surface area contributed by atoms with Gasteiger partial charge >= 0.3 is 0 Å². The lowest BCUT2D eigenvalue weighted by molar-refractivity contribution is -0.122. The number of imidazole rings is 8. The second-order valence-electron chi connectivity index (χ2n) is 39.1. The number of nitrogens with one attached hydrogen (secondary N) is 12. The van der Waals surface area contributed by atoms with E-state index in [2.05, 4.69) is 146 Å². The summed E-state index contributed by atoms with van der Waals surface area (Å²) in [7, 11) is 0. The number of benzene rings is 8. The fraction of sp³-hybridized carbons (Fsp3) is 0.193. The minimum absolute atomic E-state index is 0.0663. The Labute approximate surface area is 855 Å². The lowest BCUT2D eigenvalue weighted by atomic mass is 9.85. The molecular weight excluding hydrogens is 1880 g/mol. The van der Waals surface area contributed by atoms with E-state index in [4.69, 9.17) is 19.9 Å². The predicted octanol–water partition coefficient (Wildman–Crippen LogP) is 22.4. The summed E-state index contributed by atoms with van der Waals surface area (Å²) in [5, 5.41) is 46.8. The number of para-hydroxylation sites is 4. The molecule has 150 heavy (non-hydrogen) atoms. The summed E-state index contributed by atoms with van der Waals surface area (Å²) in [6.07, 6.45) is 43.7. The van der Waals surface area contributed by atoms with Gasteiger partial charge in [0.15, 0.2) is 23.3 Å². The van der Waals surface area contributed by atoms with Gasteiger partial charge < -0.3 is 59.5 Å². The summed E-state index contributed by atoms with van der Waals surface area (Å²) in [5.74, 6) is 3.51. The molecule has 12 N–H and O–H groups in total. The molecule has 4 amide bonds. The smallest absolute Gasteiger partial charge is 0.227 e. The van der Waals surface area contributed by atoms with E-state index in [1.165, 1.54) is 6.42 Å². The zero-order valence-corrected chi connectivity index (χ0v) is 82.2. The van der Waals surface area contributed by atoms with Gasteiger partial charge in [-0.1, -0.05) is 87.1 Å². The van der Waals surface area contributed by atoms with Crippen LogP contribution >= 0.6 is 0 Å². The van der Waals surface area contributed by atoms with Crippen LogP contribution in [0.2, 0.25) is 0 Å². The van der Waals surface area contributed by atoms with Gasteiger partial charge in [-0.05, 0) is 223 Å². The van der Waals surface area contributed by atoms with E-state index in [-0.39, 0.29) is 47.3 Å². The van der Waals surface area contributed by atoms with Crippen molar-refractivity contribution >= 4 is 134 Å². The number of aromatic nitrogens is 28. The number of carbonyl (C=O) groups excluding carboxylic acids is 4. The van der Waals surface area contributed by atoms with E-state index < -0.39 is 0 Å². The Morgan fingerprint density at radius 2 is 0.513 bits per heavy atom. The Kier molecular flexibility index (Phi) is 24.0. The third kappa shape index (κ3) is 18.6. The number of carbonyl (C=O) groups is 4. The van der Waals surface area contributed by atoms with Crippen LogP contribution in [0.4, 0.5) is 22.7 Å². The number of aryl methyl sites for hydroxylation is 4. The van der Waals surface area contributed by atoms with Gasteiger partial charge in [0, 0.05) is 117 Å². The van der Waals surface area contributed by atoms with Crippen molar-refractivity contribution in [1.29, 1.82) is 0 Å². The minimum atomic E-state index is 0.0663. The fourth-order valence-electron chi connectivity index (χ4n) is 20.3. The SMILES string of the molecule is Cc1cn(-c2cccc3[nH]c(-c4n[nH]c5ccc(-c6cncc(NC(=O)C7CC7)c6)cc45)nc23)cn1.Cc1cn(-c2cccc3[nH]c(-c4n[nH]c5ccc(-c6cncc(NC(=O)C7CCC7)c6)cc45)nc23)cn1.Cc1cn(-c2cccc3[nH]c(-c4n[nH]c5ccc(-c6cncc(NC(=O)C7CCCC7)c6)cc45)nc23)cn1.Cc1cn(-c2cccc3[nH]c(-c4n[nH]c5ccc(-c6cncc(NC(=O)C7CCCCC7)c6)cc45)nc23)cn1. The van der Waals surface area contributed by atoms with Gasteiger partial charge in [-0.15, -0.1) is 0 Å². The highest BCUT2D eigenvalue weighted by Crippen LogP contribution is 2.42. The molecule has 0 unspecified atom stereocenters. The highest BCUT2D eigenvalue weighted by molar-refractivity contribution is 6.04. The second kappa shape index (κ2) is 39.1. The van der Waals surface area contributed by atoms with Gasteiger partial charge in [0.1, 0.15) is 44.8 Å². The van der Waals surface area contributed by atoms with Crippen LogP contribution in [0.5, 0.6) is 0 Å². The van der Waals surface area contributed by atoms with Crippen molar-refractivity contribution in [3.05, 3.63) is 292 Å². The molecule has 740 valence electrons. The van der Waals surface area contributed by atoms with E-state index >= 15 is 0 Å². The number of pyridine rings is 4. The van der Waals surface area contributed by atoms with Crippen molar-refractivity contribution in [2.24, 2.45) is 23.7 Å². The van der Waals surface area contributed by atoms with Gasteiger partial charge in [-0.3, -0.25) is 59.5 Å². The van der Waals surface area contributed by atoms with Crippen molar-refractivity contribution in [3.8, 4) is 113 Å². The number of hydrogen-bond donors (Lipinski definition) is 12. The molecule has 4 saturated carbocycles. The third-order valence-electron chi connectivity index (χ3n) is 28.6. The molecule has 4 fully saturated rings. The largest absolute Gasteiger partial charge is 0.336 e. The Balaban J connectivity index is 0.000000104. The van der Waals surface area contributed by atoms with Gasteiger partial charge in [0.05, 0.1) is 163 Å². The lowest BCUT2D eigenvalue weighted by Crippen LogP contribution is -2.28. The lowest BCUT2D eigenvalue weighted by Gasteiger charge is -2.24. The molecule has 0 saturated heterocycles. The molecule has 16 aromatic heterocycles. The molecule has 36 nitrogen and oxygen atoms in total. The Morgan fingerprint density at radius 1 is 0.267 bits per heavy atom. The average molecular weight is 1980 g/mol. The van der Waals surface area contributed by atoms with Crippen LogP contribution < -0.4 is 21.3 Å². The topological polar surface area (TPSA) is 469 Å². The van der Waals surface area contributed by atoms with Gasteiger partial charge in [-0.25, -0.2) is 39.9 Å². The van der Waals surface area contributed by atoms with Crippen LogP contribution in [-0.2, 0) is 19.2 Å². The Bertz CT molecular complexity index is 9300. The molecule has 0 spiro atoms. The van der Waals surface area contributed by atoms with E-state index in [0.29, 0.717) is 40.4 Å². The molecule has 0 atom stereocenters. The summed E-state index contributed by atoms with van der Waals surface area (Å²) >= 11 is 0. The van der Waals surface area contributed by atoms with Crippen molar-refractivity contribution in [1.82, 2.24) is 139 Å². The van der Waals surface area contributed by atoms with E-state index in [1.54, 1.807) is 62.5 Å². The molecule has 0 radical (unpaired) electrons. The summed E-state index contributed by atoms with van der Waals surface area (Å²) in [6, 6.07) is 56.5. The first-order valence-electron chi connectivity index (χ1n) is 50.5. The molecule has 8 aromatic carbocycles. The zero-order chi connectivity index (χ0) is 101. The summed E-state index contributed by atoms with van der Waals surface area (Å²) < 4.78 is 7.92. The molecule has 0 bridgehead atoms. The predicted molar refractivity (Wildman–Crippen MR) is 578 cm³/mol. The molecule has 0 aliphatic heterocycles. The maximum Gasteiger partial charge on any atom is 0.227 e. The number of aromatic amines is 8. The summed E-state index contributed by atoms with van der Waals surface area (Å²) in [5.41, 5.74) is 31.7. The van der Waals surface area contributed by atoms with Gasteiger partial charge in [-0.2, -0.15) is 20.4 Å². The summed E-state index contributed by atoms with van der Waals surface area (Å²) in [4.78, 5) is 118. The maximum atomic E-state index is 12.8. The van der Waals surface area contributed by atoms with Crippen LogP contribution in [0, 0.1) is 51.4 Å². The molecule has 16 heterocycles. The highest BCUT2D eigenvalue weighted by atomic mass is 16.2. The standard InChI is InChI=1S/C30H28N8O.C29H26N8O.C28H24N8O.C27H22N8O/c1-18-16-38(17-32-18)26-9-5-8-25-28(26)35-29(34-25)27-23-13-20(10-11-24(23)36-37-27)21-12-22(15-31-14-21)33-30(39)19-6-3-2-4-7-19;1-17-15-37(16-31-17)25-8-4-7-24-27(25)34-28(33-24)26-22-12-19(9-10-23(22)35-36-26)20-11-21(14-30-13-20)32-29(38)18-5-2-3-6-18;1-16-14-36(15-30-16)24-7-3-6-23-26(24)33-27(32-23)25-21-11-18(8-9-22(21)34-35-25)19-10-20(13-29-12-19)31-28(37)17-4-2-5-17;1-15-13-35(14-29-15)23-4-2-3-22-25(23)32-26(31-22)24-20-10-17(7-8-21(20)33-34-24)18-9-19(12-28-11-18)30-27(36)16-5-6-16/h5,8-17,19H,2-4,6-7H2,1H3,(H,33,39)(H,34,35)(H,36,37);4,7-16,18H,2-3,5-6H2,1H3,(H,32,38)(H,33,34)(H,35,36);3,6-15,17H,2,4-5H2,1H3,(H,31,37)(H,32,33)(H,34,35);2-4,7-14,16H,5-6H2,1H3,(H,30,36)(H,31,32)(H,33,34). The molecular formula is C114H100N32O4. The monoisotopic (exact) mass is 1980 g/mol. The van der Waals surface area contributed by atoms with Crippen molar-refractivity contribution in [2.45, 2.75) is 118 Å². The first-order valence-corrected chi connectivity index (χ1v) is 50.5. The number of anilines is 4. The van der Waals surface area contributed by atoms with Crippen molar-refractivity contribution < 1.29 is 19.2 Å². The van der Waals surface area contributed by atoms with Crippen molar-refractivity contribution in [3.63, 3.8) is 0 Å². The van der Waals surface area contributed by atoms with Crippen LogP contribution in [0.3, 0.4) is 0 Å². The Morgan fingerprint density at radius 3 is 0.747 bits per heavy atom. The second-order valence-corrected chi connectivity index (χ2v) is 39.1. The van der Waals surface area contributed by atoms with Crippen LogP contribution in [0.15, 0.2) is 270 Å². The van der Waals surface area contributed by atoms with Crippen LogP contribution in [0.25, 0.3) is 201 Å². The third-order valence-corrected chi connectivity index (χ3v) is 28.6. The van der Waals surface area contributed by atoms with Gasteiger partial charge in [0.2, 0.25) is 23.6 Å². The van der Waals surface area contributed by atoms with E-state index in [9.17, 15) is 19.2 Å². The normalized spacial score (nSPS) is 13.9. The molecule has 36 heteroatoms. The van der Waals surface area contributed by atoms with E-state index in [1.807, 2.05) is 229 Å².